The summed E-state index contributed by atoms with van der Waals surface area (Å²) in [5.41, 5.74) is 1.08. The molecule has 0 spiro atoms. The third-order valence-corrected chi connectivity index (χ3v) is 5.03. The van der Waals surface area contributed by atoms with Gasteiger partial charge in [0.25, 0.3) is 0 Å². The van der Waals surface area contributed by atoms with Crippen molar-refractivity contribution >= 4 is 17.8 Å². The molecule has 0 saturated heterocycles. The Morgan fingerprint density at radius 2 is 1.69 bits per heavy atom. The monoisotopic (exact) mass is 491 g/mol. The Kier molecular flexibility index (Phi) is 6.25. The van der Waals surface area contributed by atoms with Crippen LogP contribution in [0.15, 0.2) is 42.4 Å². The van der Waals surface area contributed by atoms with Gasteiger partial charge in [0, 0.05) is 18.0 Å². The van der Waals surface area contributed by atoms with Crippen LogP contribution < -0.4 is 14.2 Å². The number of rotatable bonds is 5. The number of hydrogen-bond donors (Lipinski definition) is 0. The zero-order chi connectivity index (χ0) is 25.4. The number of fused-ring (bicyclic) bond motifs is 1. The molecule has 1 aromatic heterocycles. The quantitative estimate of drug-likeness (QED) is 0.124. The second kappa shape index (κ2) is 9.16. The fourth-order valence-corrected chi connectivity index (χ4v) is 3.20. The van der Waals surface area contributed by atoms with E-state index in [0.29, 0.717) is 5.56 Å². The van der Waals surface area contributed by atoms with Crippen molar-refractivity contribution < 1.29 is 45.8 Å². The average molecular weight is 491 g/mol. The number of hydrogen-bond acceptors (Lipinski definition) is 6. The third kappa shape index (κ3) is 4.32. The average Bonchev–Trinajstić information content (AvgIpc) is 3.17. The molecule has 0 amide bonds. The maximum absolute atomic E-state index is 13.8. The number of nitrogens with zero attached hydrogens (tertiary/aromatic N) is 1. The molecule has 0 N–H and O–H groups in total. The van der Waals surface area contributed by atoms with E-state index >= 15 is 0 Å². The summed E-state index contributed by atoms with van der Waals surface area (Å²) in [7, 11) is 0. The molecule has 2 aromatic carbocycles. The van der Waals surface area contributed by atoms with Gasteiger partial charge in [-0.2, -0.15) is 8.78 Å². The van der Waals surface area contributed by atoms with Crippen LogP contribution in [-0.4, -0.2) is 22.8 Å². The molecule has 3 aromatic rings. The van der Waals surface area contributed by atoms with Crippen LogP contribution in [-0.2, 0) is 4.79 Å². The van der Waals surface area contributed by atoms with E-state index in [0.717, 1.165) is 6.92 Å². The summed E-state index contributed by atoms with van der Waals surface area (Å²) in [6.45, 7) is 2.50. The molecule has 0 bridgehead atoms. The lowest BCUT2D eigenvalue weighted by atomic mass is 10.1. The van der Waals surface area contributed by atoms with Crippen LogP contribution in [0.3, 0.4) is 0 Å². The summed E-state index contributed by atoms with van der Waals surface area (Å²) in [6, 6.07) is 6.04. The van der Waals surface area contributed by atoms with Crippen molar-refractivity contribution in [3.8, 4) is 17.2 Å². The Morgan fingerprint density at radius 1 is 1.03 bits per heavy atom. The maximum Gasteiger partial charge on any atom is 0.352 e. The number of Topliss-reactive ketones (excluding diaryl/α,β-unsaturated/α-hetero) is 1. The maximum atomic E-state index is 13.8. The Labute approximate surface area is 194 Å². The zero-order valence-corrected chi connectivity index (χ0v) is 18.0. The van der Waals surface area contributed by atoms with Crippen LogP contribution in [0.4, 0.5) is 22.0 Å². The smallest absolute Gasteiger partial charge is 0.352 e. The fraction of sp³-hybridized carbons (Fsp3) is 0.125. The highest BCUT2D eigenvalue weighted by Crippen LogP contribution is 2.39. The minimum atomic E-state index is -2.36. The normalized spacial score (nSPS) is 14.5. The van der Waals surface area contributed by atoms with Crippen LogP contribution in [0.2, 0.25) is 0 Å². The van der Waals surface area contributed by atoms with Gasteiger partial charge in [-0.1, -0.05) is 6.07 Å². The van der Waals surface area contributed by atoms with Gasteiger partial charge in [-0.15, -0.1) is 0 Å². The number of halogens is 5. The topological polar surface area (TPSA) is 74.7 Å². The summed E-state index contributed by atoms with van der Waals surface area (Å²) in [4.78, 5) is 29.0. The van der Waals surface area contributed by atoms with E-state index in [1.807, 2.05) is 0 Å². The van der Waals surface area contributed by atoms with Gasteiger partial charge in [0.2, 0.25) is 34.9 Å². The molecule has 6 nitrogen and oxygen atoms in total. The molecule has 0 saturated carbocycles. The number of aromatic nitrogens is 1. The number of pyridine rings is 1. The molecule has 35 heavy (non-hydrogen) atoms. The van der Waals surface area contributed by atoms with E-state index in [1.165, 1.54) is 31.3 Å². The molecule has 1 aliphatic rings. The first-order valence-corrected chi connectivity index (χ1v) is 9.97. The highest BCUT2D eigenvalue weighted by atomic mass is 19.2. The van der Waals surface area contributed by atoms with Gasteiger partial charge in [0.1, 0.15) is 11.5 Å². The predicted octanol–water partition coefficient (Wildman–Crippen LogP) is 5.07. The van der Waals surface area contributed by atoms with Crippen molar-refractivity contribution in [3.05, 3.63) is 88.2 Å². The molecule has 1 atom stereocenters. The van der Waals surface area contributed by atoms with Gasteiger partial charge in [0.05, 0.1) is 5.56 Å². The van der Waals surface area contributed by atoms with Crippen LogP contribution in [0.25, 0.3) is 6.08 Å². The number of carbonyl (C=O) groups is 2. The first kappa shape index (κ1) is 23.9. The SMILES string of the molecule is Cc1c(OC(=O)C(C)Oc2c(F)c(F)c(F)c(F)c2F)ccc2c1O/C(=C\c1cccnc1)C2=O. The molecule has 0 radical (unpaired) electrons. The number of ketones is 1. The van der Waals surface area contributed by atoms with E-state index in [4.69, 9.17) is 9.47 Å². The first-order valence-electron chi connectivity index (χ1n) is 9.97. The minimum absolute atomic E-state index is 0.0163. The molecule has 1 aliphatic heterocycles. The number of allylic oxidation sites excluding steroid dienone is 1. The molecule has 11 heteroatoms. The minimum Gasteiger partial charge on any atom is -0.473 e. The highest BCUT2D eigenvalue weighted by Gasteiger charge is 2.32. The summed E-state index contributed by atoms with van der Waals surface area (Å²) in [6.07, 6.45) is 2.81. The predicted molar refractivity (Wildman–Crippen MR) is 110 cm³/mol. The Morgan fingerprint density at radius 3 is 2.31 bits per heavy atom. The van der Waals surface area contributed by atoms with Gasteiger partial charge in [-0.25, -0.2) is 18.0 Å². The Hall–Kier alpha value is -4.28. The van der Waals surface area contributed by atoms with Crippen LogP contribution in [0.5, 0.6) is 17.2 Å². The van der Waals surface area contributed by atoms with Crippen molar-refractivity contribution in [1.82, 2.24) is 4.98 Å². The molecular formula is C24H14F5NO5. The lowest BCUT2D eigenvalue weighted by Gasteiger charge is -2.16. The largest absolute Gasteiger partial charge is 0.473 e. The van der Waals surface area contributed by atoms with E-state index in [1.54, 1.807) is 18.3 Å². The Bertz CT molecular complexity index is 1360. The van der Waals surface area contributed by atoms with Crippen molar-refractivity contribution in [2.75, 3.05) is 0 Å². The summed E-state index contributed by atoms with van der Waals surface area (Å²) in [5.74, 6) is -14.4. The van der Waals surface area contributed by atoms with Crippen molar-refractivity contribution in [3.63, 3.8) is 0 Å². The number of ether oxygens (including phenoxy) is 3. The van der Waals surface area contributed by atoms with Gasteiger partial charge in [-0.05, 0) is 43.7 Å². The molecule has 2 heterocycles. The van der Waals surface area contributed by atoms with Crippen molar-refractivity contribution in [2.45, 2.75) is 20.0 Å². The standard InChI is InChI=1S/C24H14F5NO5/c1-10-14(6-5-13-21(31)15(34-22(10)13)8-12-4-3-7-30-9-12)35-24(32)11(2)33-23-19(28)17(26)16(25)18(27)20(23)29/h3-9,11H,1-2H3/b15-8-. The van der Waals surface area contributed by atoms with E-state index in [9.17, 15) is 31.5 Å². The van der Waals surface area contributed by atoms with Gasteiger partial charge in [-0.3, -0.25) is 9.78 Å². The summed E-state index contributed by atoms with van der Waals surface area (Å²) < 4.78 is 83.1. The number of esters is 1. The lowest BCUT2D eigenvalue weighted by Crippen LogP contribution is -2.29. The van der Waals surface area contributed by atoms with Gasteiger partial charge >= 0.3 is 5.97 Å². The fourth-order valence-electron chi connectivity index (χ4n) is 3.20. The number of benzene rings is 2. The van der Waals surface area contributed by atoms with Crippen LogP contribution >= 0.6 is 0 Å². The van der Waals surface area contributed by atoms with Crippen molar-refractivity contribution in [2.24, 2.45) is 0 Å². The van der Waals surface area contributed by atoms with Gasteiger partial charge < -0.3 is 14.2 Å². The second-order valence-corrected chi connectivity index (χ2v) is 7.37. The number of carbonyl (C=O) groups excluding carboxylic acids is 2. The second-order valence-electron chi connectivity index (χ2n) is 7.37. The van der Waals surface area contributed by atoms with Crippen molar-refractivity contribution in [1.29, 1.82) is 0 Å². The molecule has 180 valence electrons. The Balaban J connectivity index is 1.54. The molecule has 1 unspecified atom stereocenters. The molecular weight excluding hydrogens is 477 g/mol. The van der Waals surface area contributed by atoms with E-state index in [-0.39, 0.29) is 28.4 Å². The highest BCUT2D eigenvalue weighted by molar-refractivity contribution is 6.15. The molecule has 0 aliphatic carbocycles. The first-order chi connectivity index (χ1) is 16.6. The molecule has 4 rings (SSSR count). The summed E-state index contributed by atoms with van der Waals surface area (Å²) in [5, 5.41) is 0. The van der Waals surface area contributed by atoms with E-state index < -0.39 is 52.7 Å². The third-order valence-electron chi connectivity index (χ3n) is 5.03. The van der Waals surface area contributed by atoms with Gasteiger partial charge in [0.15, 0.2) is 17.6 Å². The lowest BCUT2D eigenvalue weighted by molar-refractivity contribution is -0.141. The zero-order valence-electron chi connectivity index (χ0n) is 18.0. The summed E-state index contributed by atoms with van der Waals surface area (Å²) >= 11 is 0. The van der Waals surface area contributed by atoms with Crippen LogP contribution in [0.1, 0.15) is 28.4 Å². The van der Waals surface area contributed by atoms with Crippen LogP contribution in [0, 0.1) is 36.0 Å². The van der Waals surface area contributed by atoms with E-state index in [2.05, 4.69) is 9.72 Å². The molecule has 0 fully saturated rings.